The van der Waals surface area contributed by atoms with Crippen LogP contribution in [0.2, 0.25) is 0 Å². The molecule has 0 aromatic carbocycles. The summed E-state index contributed by atoms with van der Waals surface area (Å²) in [5, 5.41) is 0. The van der Waals surface area contributed by atoms with E-state index in [0.29, 0.717) is 0 Å². The van der Waals surface area contributed by atoms with Crippen LogP contribution in [0.5, 0.6) is 0 Å². The minimum atomic E-state index is -4.11. The molecule has 0 bridgehead atoms. The maximum atomic E-state index is 8.59. The molecule has 0 saturated heterocycles. The van der Waals surface area contributed by atoms with Gasteiger partial charge in [0.2, 0.25) is 0 Å². The molecule has 0 radical (unpaired) electrons. The molecule has 0 N–H and O–H groups in total. The van der Waals surface area contributed by atoms with Gasteiger partial charge in [0.25, 0.3) is 0 Å². The van der Waals surface area contributed by atoms with Crippen molar-refractivity contribution in [1.82, 2.24) is 0 Å². The van der Waals surface area contributed by atoms with Crippen molar-refractivity contribution in [2.24, 2.45) is 0 Å². The van der Waals surface area contributed by atoms with Gasteiger partial charge in [-0.2, -0.15) is 0 Å². The molecule has 0 atom stereocenters. The molecule has 0 rings (SSSR count). The van der Waals surface area contributed by atoms with Crippen molar-refractivity contribution in [2.75, 3.05) is 0 Å². The largest absolute Gasteiger partial charge is 1.00 e. The predicted molar refractivity (Wildman–Crippen MR) is 6.44 cm³/mol. The summed E-state index contributed by atoms with van der Waals surface area (Å²) in [4.78, 5) is 0. The third-order valence-electron chi connectivity index (χ3n) is 0. The summed E-state index contributed by atoms with van der Waals surface area (Å²) in [5.41, 5.74) is 0. The van der Waals surface area contributed by atoms with Gasteiger partial charge in [0.1, 0.15) is 0 Å². The van der Waals surface area contributed by atoms with E-state index < -0.39 is 20.4 Å². The van der Waals surface area contributed by atoms with E-state index in [1.165, 1.54) is 0 Å². The van der Waals surface area contributed by atoms with E-state index in [1.807, 2.05) is 0 Å². The zero-order valence-corrected chi connectivity index (χ0v) is 5.96. The SMILES string of the molecule is O=[Te]([O-])[O-].[Li+].[Li+]. The molecule has 26 valence electrons. The molecule has 3 nitrogen and oxygen atoms in total. The van der Waals surface area contributed by atoms with E-state index in [1.54, 1.807) is 0 Å². The second kappa shape index (κ2) is 9.86. The van der Waals surface area contributed by atoms with Crippen molar-refractivity contribution in [3.05, 3.63) is 0 Å². The Kier molecular flexibility index (Phi) is 25.7. The van der Waals surface area contributed by atoms with Crippen LogP contribution >= 0.6 is 0 Å². The minimum Gasteiger partial charge on any atom is 1.00 e. The fourth-order valence-electron chi connectivity index (χ4n) is 0. The van der Waals surface area contributed by atoms with Crippen LogP contribution < -0.4 is 44.7 Å². The molecule has 0 aliphatic carbocycles. The first-order chi connectivity index (χ1) is 1.73. The smallest absolute Gasteiger partial charge is 1.00 e. The number of hydrogen-bond donors (Lipinski definition) is 0. The fourth-order valence-corrected chi connectivity index (χ4v) is 0. The maximum Gasteiger partial charge on any atom is 1.00 e. The standard InChI is InChI=1S/2Li.H2O3Te/c;;1-4(2)3/h;;(H2,1,2,3)/q2*+1;/p-2. The van der Waals surface area contributed by atoms with Gasteiger partial charge < -0.3 is 0 Å². The van der Waals surface area contributed by atoms with Crippen molar-refractivity contribution in [3.63, 3.8) is 0 Å². The van der Waals surface area contributed by atoms with Crippen LogP contribution in [-0.2, 0) is 3.10 Å². The molecule has 6 heavy (non-hydrogen) atoms. The third kappa shape index (κ3) is 43.5. The van der Waals surface area contributed by atoms with E-state index in [4.69, 9.17) is 10.0 Å². The van der Waals surface area contributed by atoms with E-state index in [0.717, 1.165) is 0 Å². The predicted octanol–water partition coefficient (Wildman–Crippen LogP) is -8.87. The average molecular weight is 189 g/mol. The summed E-state index contributed by atoms with van der Waals surface area (Å²) in [5.74, 6) is 0. The number of hydrogen-bond acceptors (Lipinski definition) is 3. The molecular formula is Li2O3Te. The summed E-state index contributed by atoms with van der Waals surface area (Å²) < 4.78 is 25.8. The molecule has 0 spiro atoms. The molecule has 0 aromatic heterocycles. The van der Waals surface area contributed by atoms with Gasteiger partial charge in [-0.1, -0.05) is 0 Å². The van der Waals surface area contributed by atoms with Crippen LogP contribution in [0.1, 0.15) is 0 Å². The topological polar surface area (TPSA) is 63.2 Å². The first-order valence-electron chi connectivity index (χ1n) is 0.500. The van der Waals surface area contributed by atoms with Crippen molar-refractivity contribution < 1.29 is 47.8 Å². The summed E-state index contributed by atoms with van der Waals surface area (Å²) in [6.45, 7) is 0. The Bertz CT molecular complexity index is 31.8. The Morgan fingerprint density at radius 2 is 1.17 bits per heavy atom. The van der Waals surface area contributed by atoms with Gasteiger partial charge in [0.15, 0.2) is 0 Å². The number of rotatable bonds is 0. The average Bonchev–Trinajstić information content (AvgIpc) is 0.811. The van der Waals surface area contributed by atoms with Crippen molar-refractivity contribution in [3.8, 4) is 0 Å². The molecule has 0 aliphatic rings. The van der Waals surface area contributed by atoms with Gasteiger partial charge in [-0.3, -0.25) is 0 Å². The monoisotopic (exact) mass is 192 g/mol. The normalized spacial score (nSPS) is 5.83. The summed E-state index contributed by atoms with van der Waals surface area (Å²) in [6, 6.07) is 0. The van der Waals surface area contributed by atoms with Crippen LogP contribution in [-0.4, -0.2) is 20.4 Å². The molecule has 0 saturated carbocycles. The van der Waals surface area contributed by atoms with Gasteiger partial charge in [0, 0.05) is 0 Å². The maximum absolute atomic E-state index is 8.59. The van der Waals surface area contributed by atoms with Gasteiger partial charge in [-0.15, -0.1) is 0 Å². The Hall–Kier alpha value is 1.70. The molecule has 0 amide bonds. The quantitative estimate of drug-likeness (QED) is 0.356. The molecular weight excluding hydrogens is 189 g/mol. The second-order valence-electron chi connectivity index (χ2n) is 0.204. The first kappa shape index (κ1) is 15.6. The fraction of sp³-hybridized carbons (Fsp3) is 0. The Labute approximate surface area is 67.6 Å². The molecule has 6 heteroatoms. The van der Waals surface area contributed by atoms with Gasteiger partial charge in [-0.05, 0) is 0 Å². The van der Waals surface area contributed by atoms with Crippen LogP contribution in [0.3, 0.4) is 0 Å². The Morgan fingerprint density at radius 3 is 1.17 bits per heavy atom. The zero-order chi connectivity index (χ0) is 3.58. The van der Waals surface area contributed by atoms with Gasteiger partial charge >= 0.3 is 68.1 Å². The van der Waals surface area contributed by atoms with E-state index >= 15 is 0 Å². The van der Waals surface area contributed by atoms with Crippen LogP contribution in [0.15, 0.2) is 0 Å². The Balaban J connectivity index is -0.0000000450. The van der Waals surface area contributed by atoms with Crippen LogP contribution in [0.4, 0.5) is 0 Å². The zero-order valence-electron chi connectivity index (χ0n) is 3.63. The Morgan fingerprint density at radius 1 is 1.17 bits per heavy atom. The van der Waals surface area contributed by atoms with Crippen molar-refractivity contribution >= 4 is 20.4 Å². The van der Waals surface area contributed by atoms with Gasteiger partial charge in [0.05, 0.1) is 0 Å². The molecule has 0 heterocycles. The summed E-state index contributed by atoms with van der Waals surface area (Å²) in [6.07, 6.45) is 0. The molecule has 0 unspecified atom stereocenters. The van der Waals surface area contributed by atoms with E-state index in [-0.39, 0.29) is 37.7 Å². The van der Waals surface area contributed by atoms with E-state index in [2.05, 4.69) is 0 Å². The molecule has 0 fully saturated rings. The van der Waals surface area contributed by atoms with Gasteiger partial charge in [-0.25, -0.2) is 0 Å². The van der Waals surface area contributed by atoms with E-state index in [9.17, 15) is 0 Å². The van der Waals surface area contributed by atoms with Crippen LogP contribution in [0.25, 0.3) is 0 Å². The van der Waals surface area contributed by atoms with Crippen LogP contribution in [0, 0.1) is 0 Å². The first-order valence-corrected chi connectivity index (χ1v) is 3.35. The second-order valence-corrected chi connectivity index (χ2v) is 1.37. The molecule has 0 aliphatic heterocycles. The van der Waals surface area contributed by atoms with Crippen molar-refractivity contribution in [2.45, 2.75) is 0 Å². The summed E-state index contributed by atoms with van der Waals surface area (Å²) in [7, 11) is 0. The summed E-state index contributed by atoms with van der Waals surface area (Å²) >= 11 is -4.11. The minimum absolute atomic E-state index is 0. The molecule has 0 aromatic rings. The third-order valence-corrected chi connectivity index (χ3v) is 0. The van der Waals surface area contributed by atoms with Crippen molar-refractivity contribution in [1.29, 1.82) is 0 Å².